The highest BCUT2D eigenvalue weighted by Crippen LogP contribution is 2.39. The lowest BCUT2D eigenvalue weighted by Crippen LogP contribution is -2.40. The molecular formula is C21H21N3O3S2. The highest BCUT2D eigenvalue weighted by molar-refractivity contribution is 7.10. The zero-order valence-electron chi connectivity index (χ0n) is 16.2. The van der Waals surface area contributed by atoms with Gasteiger partial charge in [0.05, 0.1) is 17.5 Å². The first-order valence-electron chi connectivity index (χ1n) is 9.34. The number of benzene rings is 1. The highest BCUT2D eigenvalue weighted by Gasteiger charge is 2.32. The number of carbonyl (C=O) groups is 1. The number of nitro benzene ring substituents is 1. The van der Waals surface area contributed by atoms with Gasteiger partial charge in [0.2, 0.25) is 5.91 Å². The second-order valence-corrected chi connectivity index (χ2v) is 9.12. The third-order valence-electron chi connectivity index (χ3n) is 5.40. The first kappa shape index (κ1) is 19.8. The van der Waals surface area contributed by atoms with Crippen LogP contribution in [0.2, 0.25) is 0 Å². The van der Waals surface area contributed by atoms with E-state index in [-0.39, 0.29) is 24.2 Å². The number of hydrogen-bond donors (Lipinski definition) is 1. The van der Waals surface area contributed by atoms with Crippen molar-refractivity contribution in [1.29, 1.82) is 0 Å². The summed E-state index contributed by atoms with van der Waals surface area (Å²) in [6.07, 6.45) is 0.909. The van der Waals surface area contributed by atoms with Crippen molar-refractivity contribution in [1.82, 2.24) is 4.90 Å². The lowest BCUT2D eigenvalue weighted by molar-refractivity contribution is -0.384. The van der Waals surface area contributed by atoms with Crippen molar-refractivity contribution < 1.29 is 9.72 Å². The van der Waals surface area contributed by atoms with Gasteiger partial charge in [-0.05, 0) is 59.9 Å². The summed E-state index contributed by atoms with van der Waals surface area (Å²) < 4.78 is 0. The van der Waals surface area contributed by atoms with Gasteiger partial charge >= 0.3 is 0 Å². The third kappa shape index (κ3) is 3.83. The average molecular weight is 428 g/mol. The maximum Gasteiger partial charge on any atom is 0.293 e. The molecule has 1 aliphatic heterocycles. The second-order valence-electron chi connectivity index (χ2n) is 7.14. The molecule has 1 N–H and O–H groups in total. The monoisotopic (exact) mass is 427 g/mol. The molecule has 1 amide bonds. The summed E-state index contributed by atoms with van der Waals surface area (Å²) in [6.45, 7) is 4.63. The van der Waals surface area contributed by atoms with Crippen molar-refractivity contribution in [2.24, 2.45) is 0 Å². The number of rotatable bonds is 5. The van der Waals surface area contributed by atoms with Crippen molar-refractivity contribution in [2.45, 2.75) is 26.3 Å². The molecule has 0 aliphatic carbocycles. The summed E-state index contributed by atoms with van der Waals surface area (Å²) >= 11 is 3.45. The molecular weight excluding hydrogens is 406 g/mol. The van der Waals surface area contributed by atoms with E-state index in [2.05, 4.69) is 27.7 Å². The van der Waals surface area contributed by atoms with E-state index in [1.807, 2.05) is 18.4 Å². The van der Waals surface area contributed by atoms with Crippen LogP contribution in [-0.4, -0.2) is 28.8 Å². The normalized spacial score (nSPS) is 16.4. The van der Waals surface area contributed by atoms with Crippen molar-refractivity contribution in [3.05, 3.63) is 77.7 Å². The van der Waals surface area contributed by atoms with E-state index in [0.717, 1.165) is 24.1 Å². The maximum atomic E-state index is 12.9. The van der Waals surface area contributed by atoms with E-state index < -0.39 is 4.92 Å². The summed E-state index contributed by atoms with van der Waals surface area (Å²) in [6, 6.07) is 9.47. The summed E-state index contributed by atoms with van der Waals surface area (Å²) in [7, 11) is 0. The third-order valence-corrected chi connectivity index (χ3v) is 7.32. The van der Waals surface area contributed by atoms with E-state index in [1.165, 1.54) is 21.4 Å². The van der Waals surface area contributed by atoms with Crippen molar-refractivity contribution >= 4 is 40.0 Å². The van der Waals surface area contributed by atoms with E-state index in [4.69, 9.17) is 0 Å². The van der Waals surface area contributed by atoms with Crippen LogP contribution >= 0.6 is 22.7 Å². The van der Waals surface area contributed by atoms with Gasteiger partial charge in [-0.15, -0.1) is 22.7 Å². The number of fused-ring (bicyclic) bond motifs is 1. The molecule has 0 bridgehead atoms. The van der Waals surface area contributed by atoms with Gasteiger partial charge in [0.1, 0.15) is 5.69 Å². The van der Waals surface area contributed by atoms with E-state index in [9.17, 15) is 14.9 Å². The van der Waals surface area contributed by atoms with Crippen LogP contribution in [-0.2, 0) is 11.2 Å². The van der Waals surface area contributed by atoms with E-state index in [1.54, 1.807) is 35.7 Å². The second kappa shape index (κ2) is 8.06. The first-order chi connectivity index (χ1) is 14.0. The van der Waals surface area contributed by atoms with Gasteiger partial charge in [-0.3, -0.25) is 19.8 Å². The molecule has 3 aromatic rings. The molecule has 2 aromatic heterocycles. The molecule has 0 radical (unpaired) electrons. The van der Waals surface area contributed by atoms with Crippen molar-refractivity contribution in [2.75, 3.05) is 18.4 Å². The zero-order chi connectivity index (χ0) is 20.5. The van der Waals surface area contributed by atoms with Gasteiger partial charge in [-0.1, -0.05) is 12.1 Å². The zero-order valence-corrected chi connectivity index (χ0v) is 17.8. The molecule has 0 fully saturated rings. The van der Waals surface area contributed by atoms with Crippen LogP contribution in [0.3, 0.4) is 0 Å². The number of anilines is 1. The number of thiophene rings is 2. The topological polar surface area (TPSA) is 75.5 Å². The molecule has 6 nitrogen and oxygen atoms in total. The Bertz CT molecular complexity index is 1060. The predicted molar refractivity (Wildman–Crippen MR) is 117 cm³/mol. The Morgan fingerprint density at radius 2 is 2.07 bits per heavy atom. The molecule has 0 saturated heterocycles. The summed E-state index contributed by atoms with van der Waals surface area (Å²) in [5, 5.41) is 18.4. The number of nitrogens with zero attached hydrogens (tertiary/aromatic N) is 2. The summed E-state index contributed by atoms with van der Waals surface area (Å²) in [5.41, 5.74) is 3.11. The molecule has 1 unspecified atom stereocenters. The largest absolute Gasteiger partial charge is 0.319 e. The Morgan fingerprint density at radius 3 is 2.79 bits per heavy atom. The summed E-state index contributed by atoms with van der Waals surface area (Å²) in [4.78, 5) is 28.6. The molecule has 150 valence electrons. The molecule has 29 heavy (non-hydrogen) atoms. The Balaban J connectivity index is 1.59. The number of nitro groups is 1. The van der Waals surface area contributed by atoms with E-state index in [0.29, 0.717) is 5.69 Å². The number of carbonyl (C=O) groups excluding carboxylic acids is 1. The van der Waals surface area contributed by atoms with Crippen LogP contribution in [0.15, 0.2) is 41.1 Å². The molecule has 8 heteroatoms. The van der Waals surface area contributed by atoms with Crippen LogP contribution in [0.5, 0.6) is 0 Å². The molecule has 3 heterocycles. The number of aryl methyl sites for hydroxylation is 1. The van der Waals surface area contributed by atoms with Crippen LogP contribution in [0.25, 0.3) is 0 Å². The van der Waals surface area contributed by atoms with Crippen molar-refractivity contribution in [3.8, 4) is 0 Å². The molecule has 1 aromatic carbocycles. The van der Waals surface area contributed by atoms with Gasteiger partial charge in [0.15, 0.2) is 0 Å². The Morgan fingerprint density at radius 1 is 1.24 bits per heavy atom. The van der Waals surface area contributed by atoms with Crippen LogP contribution in [0.1, 0.15) is 32.5 Å². The van der Waals surface area contributed by atoms with Gasteiger partial charge < -0.3 is 5.32 Å². The molecule has 1 aliphatic rings. The Labute approximate surface area is 176 Å². The van der Waals surface area contributed by atoms with E-state index >= 15 is 0 Å². The molecule has 4 rings (SSSR count). The first-order valence-corrected chi connectivity index (χ1v) is 11.1. The fourth-order valence-electron chi connectivity index (χ4n) is 3.79. The number of amides is 1. The van der Waals surface area contributed by atoms with Gasteiger partial charge in [0, 0.05) is 22.4 Å². The summed E-state index contributed by atoms with van der Waals surface area (Å²) in [5.74, 6) is -0.234. The molecule has 0 spiro atoms. The minimum absolute atomic E-state index is 0.0457. The van der Waals surface area contributed by atoms with Crippen LogP contribution < -0.4 is 5.32 Å². The minimum Gasteiger partial charge on any atom is -0.319 e. The quantitative estimate of drug-likeness (QED) is 0.463. The predicted octanol–water partition coefficient (Wildman–Crippen LogP) is 4.92. The maximum absolute atomic E-state index is 12.9. The minimum atomic E-state index is -0.449. The highest BCUT2D eigenvalue weighted by atomic mass is 32.1. The fourth-order valence-corrected chi connectivity index (χ4v) is 5.57. The SMILES string of the molecule is Cc1ccc([N+](=O)[O-])c(NC(=O)CN2CCc3sccc3C2c2cccs2)c1C. The fraction of sp³-hybridized carbons (Fsp3) is 0.286. The lowest BCUT2D eigenvalue weighted by Gasteiger charge is -2.34. The molecule has 1 atom stereocenters. The lowest BCUT2D eigenvalue weighted by atomic mass is 9.98. The Hall–Kier alpha value is -2.55. The smallest absolute Gasteiger partial charge is 0.293 e. The van der Waals surface area contributed by atoms with Gasteiger partial charge in [-0.2, -0.15) is 0 Å². The standard InChI is InChI=1S/C21H21N3O3S2/c1-13-5-6-16(24(26)27)20(14(13)2)22-19(25)12-23-9-7-17-15(8-11-29-17)21(23)18-4-3-10-28-18/h3-6,8,10-11,21H,7,9,12H2,1-2H3,(H,22,25). The number of hydrogen-bond acceptors (Lipinski definition) is 6. The number of nitrogens with one attached hydrogen (secondary N) is 1. The Kier molecular flexibility index (Phi) is 5.49. The van der Waals surface area contributed by atoms with Gasteiger partial charge in [-0.25, -0.2) is 0 Å². The average Bonchev–Trinajstić information content (AvgIpc) is 3.37. The van der Waals surface area contributed by atoms with Crippen molar-refractivity contribution in [3.63, 3.8) is 0 Å². The van der Waals surface area contributed by atoms with Crippen LogP contribution in [0.4, 0.5) is 11.4 Å². The van der Waals surface area contributed by atoms with Crippen LogP contribution in [0, 0.1) is 24.0 Å². The van der Waals surface area contributed by atoms with Gasteiger partial charge in [0.25, 0.3) is 5.69 Å². The molecule has 0 saturated carbocycles.